The number of nitrogens with one attached hydrogen (secondary N) is 1. The van der Waals surface area contributed by atoms with Gasteiger partial charge in [0, 0.05) is 12.8 Å². The van der Waals surface area contributed by atoms with Gasteiger partial charge in [0.2, 0.25) is 5.91 Å². The molecule has 0 saturated heterocycles. The van der Waals surface area contributed by atoms with Crippen LogP contribution < -0.4 is 5.32 Å². The Morgan fingerprint density at radius 1 is 1.14 bits per heavy atom. The summed E-state index contributed by atoms with van der Waals surface area (Å²) in [7, 11) is 0. The highest BCUT2D eigenvalue weighted by molar-refractivity contribution is 5.85. The van der Waals surface area contributed by atoms with Gasteiger partial charge in [-0.1, -0.05) is 49.4 Å². The topological polar surface area (TPSA) is 66.4 Å². The number of carboxylic acids is 1. The zero-order chi connectivity index (χ0) is 15.2. The summed E-state index contributed by atoms with van der Waals surface area (Å²) in [4.78, 5) is 22.9. The standard InChI is InChI=1S/C17H19NO3/c1-2-5-16(19)18-15(17(20)21)11-12-8-9-13-6-3-4-7-14(13)10-12/h3-4,6-10,15H,2,5,11H2,1H3,(H,18,19)(H,20,21). The summed E-state index contributed by atoms with van der Waals surface area (Å²) in [5.74, 6) is -1.22. The Kier molecular flexibility index (Phi) is 4.93. The van der Waals surface area contributed by atoms with E-state index < -0.39 is 12.0 Å². The van der Waals surface area contributed by atoms with E-state index in [9.17, 15) is 14.7 Å². The molecule has 0 aromatic heterocycles. The van der Waals surface area contributed by atoms with Crippen molar-refractivity contribution in [3.63, 3.8) is 0 Å². The van der Waals surface area contributed by atoms with Crippen molar-refractivity contribution in [1.29, 1.82) is 0 Å². The lowest BCUT2D eigenvalue weighted by Crippen LogP contribution is -2.42. The van der Waals surface area contributed by atoms with Crippen molar-refractivity contribution < 1.29 is 14.7 Å². The van der Waals surface area contributed by atoms with Crippen LogP contribution >= 0.6 is 0 Å². The van der Waals surface area contributed by atoms with Crippen LogP contribution in [0.15, 0.2) is 42.5 Å². The first-order chi connectivity index (χ1) is 10.1. The smallest absolute Gasteiger partial charge is 0.326 e. The summed E-state index contributed by atoms with van der Waals surface area (Å²) in [5, 5.41) is 14.0. The lowest BCUT2D eigenvalue weighted by molar-refractivity contribution is -0.141. The van der Waals surface area contributed by atoms with Crippen LogP contribution in [-0.4, -0.2) is 23.0 Å². The number of hydrogen-bond donors (Lipinski definition) is 2. The van der Waals surface area contributed by atoms with Crippen molar-refractivity contribution >= 4 is 22.6 Å². The molecule has 2 N–H and O–H groups in total. The number of hydrogen-bond acceptors (Lipinski definition) is 2. The van der Waals surface area contributed by atoms with E-state index in [2.05, 4.69) is 5.32 Å². The highest BCUT2D eigenvalue weighted by Gasteiger charge is 2.20. The maximum atomic E-state index is 11.6. The Labute approximate surface area is 123 Å². The maximum absolute atomic E-state index is 11.6. The van der Waals surface area contributed by atoms with Gasteiger partial charge in [0.05, 0.1) is 0 Å². The van der Waals surface area contributed by atoms with Crippen LogP contribution in [0, 0.1) is 0 Å². The van der Waals surface area contributed by atoms with Gasteiger partial charge in [-0.05, 0) is 22.8 Å². The van der Waals surface area contributed by atoms with Gasteiger partial charge in [-0.15, -0.1) is 0 Å². The monoisotopic (exact) mass is 285 g/mol. The molecular weight excluding hydrogens is 266 g/mol. The molecule has 110 valence electrons. The third-order valence-electron chi connectivity index (χ3n) is 3.36. The molecule has 1 amide bonds. The summed E-state index contributed by atoms with van der Waals surface area (Å²) < 4.78 is 0. The van der Waals surface area contributed by atoms with E-state index in [-0.39, 0.29) is 12.3 Å². The van der Waals surface area contributed by atoms with E-state index >= 15 is 0 Å². The number of benzene rings is 2. The van der Waals surface area contributed by atoms with Gasteiger partial charge < -0.3 is 10.4 Å². The molecule has 4 heteroatoms. The molecule has 0 saturated carbocycles. The average Bonchev–Trinajstić information content (AvgIpc) is 2.46. The summed E-state index contributed by atoms with van der Waals surface area (Å²) in [6.45, 7) is 1.89. The molecule has 0 radical (unpaired) electrons. The first-order valence-corrected chi connectivity index (χ1v) is 7.10. The molecule has 0 aliphatic carbocycles. The van der Waals surface area contributed by atoms with Crippen molar-refractivity contribution in [2.75, 3.05) is 0 Å². The van der Waals surface area contributed by atoms with Crippen LogP contribution in [0.3, 0.4) is 0 Å². The van der Waals surface area contributed by atoms with Gasteiger partial charge in [0.25, 0.3) is 0 Å². The summed E-state index contributed by atoms with van der Waals surface area (Å²) in [6.07, 6.45) is 1.34. The Balaban J connectivity index is 2.14. The molecule has 0 bridgehead atoms. The third kappa shape index (κ3) is 4.05. The van der Waals surface area contributed by atoms with E-state index in [0.29, 0.717) is 12.8 Å². The van der Waals surface area contributed by atoms with E-state index in [1.807, 2.05) is 49.4 Å². The zero-order valence-corrected chi connectivity index (χ0v) is 12.0. The van der Waals surface area contributed by atoms with Crippen LogP contribution in [0.4, 0.5) is 0 Å². The fourth-order valence-corrected chi connectivity index (χ4v) is 2.30. The second kappa shape index (κ2) is 6.88. The molecule has 21 heavy (non-hydrogen) atoms. The average molecular weight is 285 g/mol. The van der Waals surface area contributed by atoms with Crippen LogP contribution in [0.25, 0.3) is 10.8 Å². The molecule has 1 atom stereocenters. The molecule has 2 aromatic carbocycles. The molecule has 2 aromatic rings. The van der Waals surface area contributed by atoms with Gasteiger partial charge in [-0.2, -0.15) is 0 Å². The zero-order valence-electron chi connectivity index (χ0n) is 12.0. The Morgan fingerprint density at radius 3 is 2.52 bits per heavy atom. The van der Waals surface area contributed by atoms with E-state index in [4.69, 9.17) is 0 Å². The largest absolute Gasteiger partial charge is 0.480 e. The second-order valence-electron chi connectivity index (χ2n) is 5.09. The summed E-state index contributed by atoms with van der Waals surface area (Å²) >= 11 is 0. The first kappa shape index (κ1) is 15.0. The summed E-state index contributed by atoms with van der Waals surface area (Å²) in [6, 6.07) is 12.9. The minimum atomic E-state index is -1.01. The van der Waals surface area contributed by atoms with Crippen molar-refractivity contribution in [1.82, 2.24) is 5.32 Å². The number of carbonyl (C=O) groups is 2. The Hall–Kier alpha value is -2.36. The Morgan fingerprint density at radius 2 is 1.86 bits per heavy atom. The number of fused-ring (bicyclic) bond motifs is 1. The third-order valence-corrected chi connectivity index (χ3v) is 3.36. The minimum absolute atomic E-state index is 0.217. The van der Waals surface area contributed by atoms with Crippen molar-refractivity contribution in [3.8, 4) is 0 Å². The molecule has 0 aliphatic rings. The highest BCUT2D eigenvalue weighted by Crippen LogP contribution is 2.16. The normalized spacial score (nSPS) is 12.0. The van der Waals surface area contributed by atoms with Crippen molar-refractivity contribution in [3.05, 3.63) is 48.0 Å². The van der Waals surface area contributed by atoms with Gasteiger partial charge in [0.1, 0.15) is 6.04 Å². The second-order valence-corrected chi connectivity index (χ2v) is 5.09. The molecule has 0 aliphatic heterocycles. The number of carboxylic acid groups (broad SMARTS) is 1. The fraction of sp³-hybridized carbons (Fsp3) is 0.294. The van der Waals surface area contributed by atoms with Gasteiger partial charge in [-0.25, -0.2) is 4.79 Å². The molecular formula is C17H19NO3. The molecule has 1 unspecified atom stereocenters. The van der Waals surface area contributed by atoms with Crippen molar-refractivity contribution in [2.45, 2.75) is 32.2 Å². The van der Waals surface area contributed by atoms with E-state index in [1.165, 1.54) is 0 Å². The lowest BCUT2D eigenvalue weighted by atomic mass is 10.0. The molecule has 0 fully saturated rings. The number of carbonyl (C=O) groups excluding carboxylic acids is 1. The van der Waals surface area contributed by atoms with Gasteiger partial charge in [0.15, 0.2) is 0 Å². The van der Waals surface area contributed by atoms with Crippen LogP contribution in [-0.2, 0) is 16.0 Å². The predicted octanol–water partition coefficient (Wildman–Crippen LogP) is 2.75. The fourth-order valence-electron chi connectivity index (χ4n) is 2.30. The van der Waals surface area contributed by atoms with Crippen LogP contribution in [0.2, 0.25) is 0 Å². The molecule has 2 rings (SSSR count). The van der Waals surface area contributed by atoms with Crippen molar-refractivity contribution in [2.24, 2.45) is 0 Å². The molecule has 0 spiro atoms. The minimum Gasteiger partial charge on any atom is -0.480 e. The SMILES string of the molecule is CCCC(=O)NC(Cc1ccc2ccccc2c1)C(=O)O. The Bertz CT molecular complexity index is 651. The number of aliphatic carboxylic acids is 1. The first-order valence-electron chi connectivity index (χ1n) is 7.10. The molecule has 4 nitrogen and oxygen atoms in total. The van der Waals surface area contributed by atoms with E-state index in [0.717, 1.165) is 16.3 Å². The highest BCUT2D eigenvalue weighted by atomic mass is 16.4. The number of rotatable bonds is 6. The van der Waals surface area contributed by atoms with Crippen LogP contribution in [0.5, 0.6) is 0 Å². The summed E-state index contributed by atoms with van der Waals surface area (Å²) in [5.41, 5.74) is 0.901. The van der Waals surface area contributed by atoms with E-state index in [1.54, 1.807) is 0 Å². The molecule has 0 heterocycles. The van der Waals surface area contributed by atoms with Crippen LogP contribution in [0.1, 0.15) is 25.3 Å². The number of amides is 1. The van der Waals surface area contributed by atoms with Gasteiger partial charge >= 0.3 is 5.97 Å². The predicted molar refractivity (Wildman–Crippen MR) is 82.1 cm³/mol. The van der Waals surface area contributed by atoms with Gasteiger partial charge in [-0.3, -0.25) is 4.79 Å². The quantitative estimate of drug-likeness (QED) is 0.857. The maximum Gasteiger partial charge on any atom is 0.326 e. The lowest BCUT2D eigenvalue weighted by Gasteiger charge is -2.14.